The molecule has 14 heavy (non-hydrogen) atoms. The molecule has 0 fully saturated rings. The Balaban J connectivity index is 2.51. The minimum atomic E-state index is -0.836. The fraction of sp³-hybridized carbons (Fsp3) is 0.444. The van der Waals surface area contributed by atoms with Crippen molar-refractivity contribution in [2.24, 2.45) is 0 Å². The van der Waals surface area contributed by atoms with Crippen molar-refractivity contribution in [2.75, 3.05) is 5.32 Å². The van der Waals surface area contributed by atoms with Crippen LogP contribution in [0.25, 0.3) is 0 Å². The molecule has 0 aliphatic heterocycles. The Morgan fingerprint density at radius 1 is 1.57 bits per heavy atom. The van der Waals surface area contributed by atoms with Crippen molar-refractivity contribution in [1.29, 1.82) is 0 Å². The molecule has 5 heteroatoms. The third kappa shape index (κ3) is 3.38. The van der Waals surface area contributed by atoms with Crippen LogP contribution < -0.4 is 5.32 Å². The summed E-state index contributed by atoms with van der Waals surface area (Å²) in [6.07, 6.45) is 3.42. The van der Waals surface area contributed by atoms with Gasteiger partial charge in [0.05, 0.1) is 6.42 Å². The summed E-state index contributed by atoms with van der Waals surface area (Å²) in [5.41, 5.74) is 0.974. The number of hydrogen-bond donors (Lipinski definition) is 2. The van der Waals surface area contributed by atoms with Crippen LogP contribution in [-0.4, -0.2) is 27.1 Å². The van der Waals surface area contributed by atoms with E-state index in [1.54, 1.807) is 19.3 Å². The second-order valence-corrected chi connectivity index (χ2v) is 3.23. The van der Waals surface area contributed by atoms with Crippen LogP contribution in [0.2, 0.25) is 0 Å². The van der Waals surface area contributed by atoms with E-state index >= 15 is 0 Å². The number of hydrogen-bond acceptors (Lipinski definition) is 4. The SMILES string of the molecule is Cc1cnc(NC(C)CC(=O)O)nc1. The highest BCUT2D eigenvalue weighted by molar-refractivity contribution is 5.67. The van der Waals surface area contributed by atoms with Gasteiger partial charge in [-0.1, -0.05) is 0 Å². The summed E-state index contributed by atoms with van der Waals surface area (Å²) in [5.74, 6) is -0.374. The first-order valence-electron chi connectivity index (χ1n) is 4.35. The fourth-order valence-corrected chi connectivity index (χ4v) is 1.00. The van der Waals surface area contributed by atoms with E-state index in [1.165, 1.54) is 0 Å². The average Bonchev–Trinajstić information content (AvgIpc) is 2.07. The van der Waals surface area contributed by atoms with Crippen molar-refractivity contribution in [3.05, 3.63) is 18.0 Å². The zero-order valence-corrected chi connectivity index (χ0v) is 8.19. The lowest BCUT2D eigenvalue weighted by atomic mass is 10.2. The molecule has 0 amide bonds. The maximum absolute atomic E-state index is 10.4. The zero-order valence-electron chi connectivity index (χ0n) is 8.19. The van der Waals surface area contributed by atoms with Crippen LogP contribution in [-0.2, 0) is 4.79 Å². The number of aliphatic carboxylic acids is 1. The minimum Gasteiger partial charge on any atom is -0.481 e. The zero-order chi connectivity index (χ0) is 10.6. The molecule has 1 rings (SSSR count). The topological polar surface area (TPSA) is 75.1 Å². The van der Waals surface area contributed by atoms with Crippen molar-refractivity contribution >= 4 is 11.9 Å². The lowest BCUT2D eigenvalue weighted by Crippen LogP contribution is -2.20. The molecule has 0 aromatic carbocycles. The number of carbonyl (C=O) groups is 1. The van der Waals surface area contributed by atoms with Gasteiger partial charge in [0.2, 0.25) is 5.95 Å². The predicted molar refractivity (Wildman–Crippen MR) is 52.1 cm³/mol. The lowest BCUT2D eigenvalue weighted by molar-refractivity contribution is -0.137. The Morgan fingerprint density at radius 3 is 2.64 bits per heavy atom. The first-order valence-corrected chi connectivity index (χ1v) is 4.35. The van der Waals surface area contributed by atoms with Gasteiger partial charge in [-0.15, -0.1) is 0 Å². The largest absolute Gasteiger partial charge is 0.481 e. The molecule has 1 aromatic rings. The van der Waals surface area contributed by atoms with E-state index < -0.39 is 5.97 Å². The lowest BCUT2D eigenvalue weighted by Gasteiger charge is -2.10. The highest BCUT2D eigenvalue weighted by Gasteiger charge is 2.07. The van der Waals surface area contributed by atoms with Crippen LogP contribution in [0, 0.1) is 6.92 Å². The molecule has 5 nitrogen and oxygen atoms in total. The number of nitrogens with one attached hydrogen (secondary N) is 1. The second-order valence-electron chi connectivity index (χ2n) is 3.23. The molecule has 0 saturated carbocycles. The van der Waals surface area contributed by atoms with E-state index in [-0.39, 0.29) is 12.5 Å². The average molecular weight is 195 g/mol. The van der Waals surface area contributed by atoms with Gasteiger partial charge in [0.15, 0.2) is 0 Å². The van der Waals surface area contributed by atoms with E-state index in [0.717, 1.165) is 5.56 Å². The van der Waals surface area contributed by atoms with Crippen LogP contribution >= 0.6 is 0 Å². The Bertz CT molecular complexity index is 310. The standard InChI is InChI=1S/C9H13N3O2/c1-6-4-10-9(11-5-6)12-7(2)3-8(13)14/h4-5,7H,3H2,1-2H3,(H,13,14)(H,10,11,12). The van der Waals surface area contributed by atoms with Crippen LogP contribution in [0.5, 0.6) is 0 Å². The monoisotopic (exact) mass is 195 g/mol. The molecule has 1 aromatic heterocycles. The van der Waals surface area contributed by atoms with Crippen molar-refractivity contribution < 1.29 is 9.90 Å². The molecule has 0 saturated heterocycles. The number of anilines is 1. The van der Waals surface area contributed by atoms with Gasteiger partial charge in [-0.2, -0.15) is 0 Å². The van der Waals surface area contributed by atoms with Gasteiger partial charge in [-0.05, 0) is 19.4 Å². The number of nitrogens with zero attached hydrogens (tertiary/aromatic N) is 2. The van der Waals surface area contributed by atoms with E-state index in [2.05, 4.69) is 15.3 Å². The molecular weight excluding hydrogens is 182 g/mol. The first-order chi connectivity index (χ1) is 6.58. The molecule has 76 valence electrons. The maximum Gasteiger partial charge on any atom is 0.305 e. The van der Waals surface area contributed by atoms with Gasteiger partial charge < -0.3 is 10.4 Å². The van der Waals surface area contributed by atoms with Gasteiger partial charge in [0, 0.05) is 18.4 Å². The summed E-state index contributed by atoms with van der Waals surface area (Å²) < 4.78 is 0. The van der Waals surface area contributed by atoms with Gasteiger partial charge in [-0.3, -0.25) is 4.79 Å². The molecule has 0 aliphatic carbocycles. The molecule has 0 aliphatic rings. The third-order valence-electron chi connectivity index (χ3n) is 1.64. The third-order valence-corrected chi connectivity index (χ3v) is 1.64. The van der Waals surface area contributed by atoms with Crippen LogP contribution in [0.4, 0.5) is 5.95 Å². The Hall–Kier alpha value is -1.65. The van der Waals surface area contributed by atoms with Crippen molar-refractivity contribution in [1.82, 2.24) is 9.97 Å². The number of carboxylic acid groups (broad SMARTS) is 1. The quantitative estimate of drug-likeness (QED) is 0.751. The summed E-state index contributed by atoms with van der Waals surface area (Å²) in [7, 11) is 0. The van der Waals surface area contributed by atoms with E-state index in [0.29, 0.717) is 5.95 Å². The summed E-state index contributed by atoms with van der Waals surface area (Å²) in [6, 6.07) is -0.171. The molecule has 0 spiro atoms. The summed E-state index contributed by atoms with van der Waals surface area (Å²) in [6.45, 7) is 3.67. The molecule has 1 atom stereocenters. The van der Waals surface area contributed by atoms with Crippen molar-refractivity contribution in [3.8, 4) is 0 Å². The van der Waals surface area contributed by atoms with Gasteiger partial charge >= 0.3 is 5.97 Å². The summed E-state index contributed by atoms with van der Waals surface area (Å²) in [5, 5.41) is 11.4. The van der Waals surface area contributed by atoms with Gasteiger partial charge in [0.1, 0.15) is 0 Å². The summed E-state index contributed by atoms with van der Waals surface area (Å²) in [4.78, 5) is 18.4. The maximum atomic E-state index is 10.4. The normalized spacial score (nSPS) is 12.1. The molecule has 2 N–H and O–H groups in total. The Morgan fingerprint density at radius 2 is 2.14 bits per heavy atom. The van der Waals surface area contributed by atoms with E-state index in [1.807, 2.05) is 6.92 Å². The molecular formula is C9H13N3O2. The van der Waals surface area contributed by atoms with Crippen LogP contribution in [0.15, 0.2) is 12.4 Å². The fourth-order valence-electron chi connectivity index (χ4n) is 1.00. The highest BCUT2D eigenvalue weighted by atomic mass is 16.4. The van der Waals surface area contributed by atoms with Gasteiger partial charge in [-0.25, -0.2) is 9.97 Å². The number of aryl methyl sites for hydroxylation is 1. The Kier molecular flexibility index (Phi) is 3.39. The molecule has 0 bridgehead atoms. The molecule has 0 radical (unpaired) electrons. The van der Waals surface area contributed by atoms with E-state index in [4.69, 9.17) is 5.11 Å². The predicted octanol–water partition coefficient (Wildman–Crippen LogP) is 1.06. The van der Waals surface area contributed by atoms with Crippen molar-refractivity contribution in [3.63, 3.8) is 0 Å². The van der Waals surface area contributed by atoms with E-state index in [9.17, 15) is 4.79 Å². The van der Waals surface area contributed by atoms with Crippen LogP contribution in [0.3, 0.4) is 0 Å². The number of carboxylic acids is 1. The molecule has 1 unspecified atom stereocenters. The Labute approximate surface area is 82.2 Å². The minimum absolute atomic E-state index is 0.0528. The smallest absolute Gasteiger partial charge is 0.305 e. The summed E-state index contributed by atoms with van der Waals surface area (Å²) >= 11 is 0. The first kappa shape index (κ1) is 10.4. The number of aromatic nitrogens is 2. The second kappa shape index (κ2) is 4.55. The van der Waals surface area contributed by atoms with Crippen molar-refractivity contribution in [2.45, 2.75) is 26.3 Å². The van der Waals surface area contributed by atoms with Crippen LogP contribution in [0.1, 0.15) is 18.9 Å². The van der Waals surface area contributed by atoms with Gasteiger partial charge in [0.25, 0.3) is 0 Å². The molecule has 1 heterocycles. The highest BCUT2D eigenvalue weighted by Crippen LogP contribution is 2.02. The number of rotatable bonds is 4.